The van der Waals surface area contributed by atoms with Crippen molar-refractivity contribution in [3.05, 3.63) is 11.4 Å². The number of aliphatic imine (C=N–C) groups is 1. The maximum absolute atomic E-state index is 5.05. The van der Waals surface area contributed by atoms with Crippen LogP contribution < -0.4 is 5.32 Å². The van der Waals surface area contributed by atoms with Gasteiger partial charge in [-0.25, -0.2) is 0 Å². The molecule has 1 N–H and O–H groups in total. The second kappa shape index (κ2) is 6.41. The van der Waals surface area contributed by atoms with E-state index >= 15 is 0 Å². The molecule has 0 aromatic carbocycles. The minimum absolute atomic E-state index is 0.0155. The van der Waals surface area contributed by atoms with Crippen molar-refractivity contribution in [3.63, 3.8) is 0 Å². The first-order valence-corrected chi connectivity index (χ1v) is 15.0. The van der Waals surface area contributed by atoms with Crippen LogP contribution in [0.4, 0.5) is 0 Å². The molecule has 0 amide bonds. The lowest BCUT2D eigenvalue weighted by Gasteiger charge is -2.33. The van der Waals surface area contributed by atoms with Gasteiger partial charge in [-0.05, 0) is 52.9 Å². The monoisotopic (exact) mass is 326 g/mol. The van der Waals surface area contributed by atoms with Crippen LogP contribution in [0.5, 0.6) is 0 Å². The van der Waals surface area contributed by atoms with Gasteiger partial charge in [0.1, 0.15) is 8.07 Å². The van der Waals surface area contributed by atoms with Crippen LogP contribution in [0.15, 0.2) is 16.4 Å². The largest absolute Gasteiger partial charge is 0.387 e. The minimum atomic E-state index is -1.46. The lowest BCUT2D eigenvalue weighted by atomic mass is 10.1. The van der Waals surface area contributed by atoms with Crippen molar-refractivity contribution in [1.29, 1.82) is 0 Å². The zero-order valence-electron chi connectivity index (χ0n) is 16.5. The maximum atomic E-state index is 5.05. The molecule has 0 heterocycles. The molecule has 0 saturated heterocycles. The molecule has 4 heteroatoms. The van der Waals surface area contributed by atoms with E-state index in [1.54, 1.807) is 0 Å². The third-order valence-corrected chi connectivity index (χ3v) is 6.50. The van der Waals surface area contributed by atoms with Crippen LogP contribution in [0.2, 0.25) is 39.3 Å². The minimum Gasteiger partial charge on any atom is -0.387 e. The molecule has 0 aromatic heterocycles. The Hall–Kier alpha value is -0.356. The smallest absolute Gasteiger partial charge is 0.101 e. The highest BCUT2D eigenvalue weighted by molar-refractivity contribution is 7.06. The van der Waals surface area contributed by atoms with Gasteiger partial charge in [-0.15, -0.1) is 0 Å². The summed E-state index contributed by atoms with van der Waals surface area (Å²) in [5.74, 6) is 0. The molecule has 0 aliphatic heterocycles. The molecule has 21 heavy (non-hydrogen) atoms. The summed E-state index contributed by atoms with van der Waals surface area (Å²) in [4.78, 5) is 5.05. The van der Waals surface area contributed by atoms with Crippen LogP contribution in [0, 0.1) is 0 Å². The van der Waals surface area contributed by atoms with E-state index in [0.29, 0.717) is 0 Å². The van der Waals surface area contributed by atoms with Crippen LogP contribution in [0.1, 0.15) is 41.5 Å². The third-order valence-electron chi connectivity index (χ3n) is 2.82. The highest BCUT2D eigenvalue weighted by Gasteiger charge is 2.28. The predicted molar refractivity (Wildman–Crippen MR) is 105 cm³/mol. The predicted octanol–water partition coefficient (Wildman–Crippen LogP) is 5.25. The summed E-state index contributed by atoms with van der Waals surface area (Å²) in [7, 11) is -2.88. The molecule has 0 atom stereocenters. The quantitative estimate of drug-likeness (QED) is 0.553. The summed E-state index contributed by atoms with van der Waals surface area (Å²) in [6.45, 7) is 27.6. The van der Waals surface area contributed by atoms with Gasteiger partial charge in [-0.3, -0.25) is 4.99 Å². The molecule has 0 aromatic rings. The molecule has 0 bridgehead atoms. The van der Waals surface area contributed by atoms with E-state index in [0.717, 1.165) is 0 Å². The third kappa shape index (κ3) is 9.30. The highest BCUT2D eigenvalue weighted by atomic mass is 28.3. The van der Waals surface area contributed by atoms with E-state index in [2.05, 4.69) is 92.2 Å². The van der Waals surface area contributed by atoms with Gasteiger partial charge in [-0.1, -0.05) is 39.3 Å². The molecule has 0 fully saturated rings. The Morgan fingerprint density at radius 1 is 0.810 bits per heavy atom. The summed E-state index contributed by atoms with van der Waals surface area (Å²) in [5, 5.41) is 6.49. The number of nitrogens with zero attached hydrogens (tertiary/aromatic N) is 1. The Balaban J connectivity index is 5.93. The van der Waals surface area contributed by atoms with Crippen molar-refractivity contribution in [3.8, 4) is 0 Å². The summed E-state index contributed by atoms with van der Waals surface area (Å²) in [6.07, 6.45) is 2.38. The fourth-order valence-corrected chi connectivity index (χ4v) is 4.47. The van der Waals surface area contributed by atoms with Crippen LogP contribution in [-0.4, -0.2) is 32.6 Å². The number of rotatable bonds is 4. The molecule has 0 unspecified atom stereocenters. The molecular formula is C17H38N2Si2. The Morgan fingerprint density at radius 3 is 1.48 bits per heavy atom. The van der Waals surface area contributed by atoms with Crippen molar-refractivity contribution in [1.82, 2.24) is 5.32 Å². The first kappa shape index (κ1) is 20.6. The summed E-state index contributed by atoms with van der Waals surface area (Å²) in [5.41, 5.74) is 0.0802. The Morgan fingerprint density at radius 2 is 1.24 bits per heavy atom. The number of hydrogen-bond acceptors (Lipinski definition) is 2. The van der Waals surface area contributed by atoms with E-state index < -0.39 is 16.1 Å². The summed E-state index contributed by atoms with van der Waals surface area (Å²) >= 11 is 0. The van der Waals surface area contributed by atoms with Gasteiger partial charge in [0.2, 0.25) is 0 Å². The standard InChI is InChI=1S/C17H38N2Si2/c1-16(2,3)18-14(20(7,8)9)13-15(21(10,11)12)19-17(4,5)6/h13,18H,1-12H3/b14-13+,19-15?. The van der Waals surface area contributed by atoms with Gasteiger partial charge >= 0.3 is 0 Å². The van der Waals surface area contributed by atoms with Gasteiger partial charge in [0.05, 0.1) is 13.6 Å². The lowest BCUT2D eigenvalue weighted by Crippen LogP contribution is -2.45. The average Bonchev–Trinajstić information content (AvgIpc) is 2.07. The molecule has 0 saturated carbocycles. The first-order valence-electron chi connectivity index (χ1n) is 8.02. The zero-order valence-corrected chi connectivity index (χ0v) is 18.5. The van der Waals surface area contributed by atoms with E-state index in [1.807, 2.05) is 0 Å². The van der Waals surface area contributed by atoms with Crippen LogP contribution in [-0.2, 0) is 0 Å². The Labute approximate surface area is 135 Å². The summed E-state index contributed by atoms with van der Waals surface area (Å²) in [6, 6.07) is 0. The zero-order chi connectivity index (χ0) is 17.3. The van der Waals surface area contributed by atoms with Gasteiger partial charge in [-0.2, -0.15) is 0 Å². The SMILES string of the molecule is CC(C)(C)N=C(/C=C(\NC(C)(C)C)[Si](C)(C)C)[Si](C)(C)C. The van der Waals surface area contributed by atoms with Crippen molar-refractivity contribution in [2.24, 2.45) is 4.99 Å². The highest BCUT2D eigenvalue weighted by Crippen LogP contribution is 2.20. The van der Waals surface area contributed by atoms with Crippen molar-refractivity contribution >= 4 is 21.5 Å². The van der Waals surface area contributed by atoms with E-state index in [4.69, 9.17) is 4.99 Å². The topological polar surface area (TPSA) is 24.4 Å². The van der Waals surface area contributed by atoms with E-state index in [-0.39, 0.29) is 11.1 Å². The van der Waals surface area contributed by atoms with E-state index in [1.165, 1.54) is 10.7 Å². The molecule has 0 spiro atoms. The molecule has 0 rings (SSSR count). The van der Waals surface area contributed by atoms with E-state index in [9.17, 15) is 0 Å². The van der Waals surface area contributed by atoms with Crippen molar-refractivity contribution in [2.75, 3.05) is 0 Å². The second-order valence-corrected chi connectivity index (χ2v) is 20.2. The van der Waals surface area contributed by atoms with Crippen LogP contribution in [0.3, 0.4) is 0 Å². The molecule has 0 radical (unpaired) electrons. The Kier molecular flexibility index (Phi) is 6.30. The van der Waals surface area contributed by atoms with Gasteiger partial charge in [0.15, 0.2) is 0 Å². The van der Waals surface area contributed by atoms with Gasteiger partial charge in [0.25, 0.3) is 0 Å². The molecule has 2 nitrogen and oxygen atoms in total. The number of hydrogen-bond donors (Lipinski definition) is 1. The van der Waals surface area contributed by atoms with Gasteiger partial charge in [0, 0.05) is 10.9 Å². The summed E-state index contributed by atoms with van der Waals surface area (Å²) < 4.78 is 0. The lowest BCUT2D eigenvalue weighted by molar-refractivity contribution is 0.483. The number of nitrogens with one attached hydrogen (secondary N) is 1. The van der Waals surface area contributed by atoms with Crippen LogP contribution >= 0.6 is 0 Å². The first-order chi connectivity index (χ1) is 8.92. The number of allylic oxidation sites excluding steroid dienone is 1. The molecule has 124 valence electrons. The molecule has 0 aliphatic rings. The van der Waals surface area contributed by atoms with Gasteiger partial charge < -0.3 is 5.32 Å². The van der Waals surface area contributed by atoms with Crippen molar-refractivity contribution < 1.29 is 0 Å². The normalized spacial score (nSPS) is 16.2. The average molecular weight is 327 g/mol. The Bertz CT molecular complexity index is 408. The van der Waals surface area contributed by atoms with Crippen LogP contribution in [0.25, 0.3) is 0 Å². The fraction of sp³-hybridized carbons (Fsp3) is 0.824. The fourth-order valence-electron chi connectivity index (χ4n) is 1.76. The molecule has 0 aliphatic carbocycles. The van der Waals surface area contributed by atoms with Crippen molar-refractivity contribution in [2.45, 2.75) is 91.9 Å². The molecular weight excluding hydrogens is 288 g/mol. The second-order valence-electron chi connectivity index (χ2n) is 10.1. The maximum Gasteiger partial charge on any atom is 0.101 e.